The van der Waals surface area contributed by atoms with Crippen molar-refractivity contribution in [3.8, 4) is 0 Å². The lowest BCUT2D eigenvalue weighted by atomic mass is 10.1. The Bertz CT molecular complexity index is 1020. The summed E-state index contributed by atoms with van der Waals surface area (Å²) in [5.41, 5.74) is 2.75. The smallest absolute Gasteiger partial charge is 0.409 e. The topological polar surface area (TPSA) is 92.7 Å². The van der Waals surface area contributed by atoms with Crippen LogP contribution in [0.1, 0.15) is 16.1 Å². The van der Waals surface area contributed by atoms with Gasteiger partial charge in [-0.25, -0.2) is 14.8 Å². The number of benzodiazepines with no additional fused rings is 1. The van der Waals surface area contributed by atoms with Gasteiger partial charge in [-0.05, 0) is 11.6 Å². The summed E-state index contributed by atoms with van der Waals surface area (Å²) in [7, 11) is 0. The van der Waals surface area contributed by atoms with Crippen molar-refractivity contribution in [2.45, 2.75) is 12.8 Å². The van der Waals surface area contributed by atoms with Crippen LogP contribution in [0.15, 0.2) is 71.2 Å². The highest BCUT2D eigenvalue weighted by Gasteiger charge is 2.28. The largest absolute Gasteiger partial charge is 0.445 e. The van der Waals surface area contributed by atoms with E-state index in [0.717, 1.165) is 11.1 Å². The first-order valence-corrected chi connectivity index (χ1v) is 9.44. The van der Waals surface area contributed by atoms with Crippen LogP contribution in [-0.2, 0) is 16.1 Å². The molecule has 140 valence electrons. The third-order valence-electron chi connectivity index (χ3n) is 4.05. The number of hydrogen-bond acceptors (Lipinski definition) is 6. The Morgan fingerprint density at radius 2 is 1.93 bits per heavy atom. The number of carbonyl (C=O) groups is 2. The first-order valence-electron chi connectivity index (χ1n) is 8.56. The Morgan fingerprint density at radius 3 is 2.71 bits per heavy atom. The van der Waals surface area contributed by atoms with Gasteiger partial charge in [-0.15, -0.1) is 11.3 Å². The van der Waals surface area contributed by atoms with Crippen LogP contribution in [-0.4, -0.2) is 28.9 Å². The van der Waals surface area contributed by atoms with Gasteiger partial charge in [-0.2, -0.15) is 0 Å². The summed E-state index contributed by atoms with van der Waals surface area (Å²) in [6.07, 6.45) is -0.186. The number of para-hydroxylation sites is 1. The average molecular weight is 392 g/mol. The quantitative estimate of drug-likeness (QED) is 0.713. The van der Waals surface area contributed by atoms with Crippen molar-refractivity contribution in [3.05, 3.63) is 82.3 Å². The molecule has 0 fully saturated rings. The third kappa shape index (κ3) is 3.91. The Labute approximate surface area is 165 Å². The number of rotatable bonds is 4. The standard InChI is InChI=1S/C20H16N4O3S/c25-18-17(24-20(26)27-12-13-6-2-1-3-7-13)23-16(19-21-10-11-28-19)14-8-4-5-9-15(14)22-18/h1-11,17H,12H2,(H,22,25)(H,24,26). The number of carbonyl (C=O) groups excluding carboxylic acids is 2. The van der Waals surface area contributed by atoms with Gasteiger partial charge in [0.2, 0.25) is 6.17 Å². The molecule has 1 aromatic heterocycles. The summed E-state index contributed by atoms with van der Waals surface area (Å²) in [6, 6.07) is 16.6. The zero-order valence-corrected chi connectivity index (χ0v) is 15.5. The van der Waals surface area contributed by atoms with Crippen molar-refractivity contribution < 1.29 is 14.3 Å². The molecule has 3 aromatic rings. The number of ether oxygens (including phenoxy) is 1. The highest BCUT2D eigenvalue weighted by atomic mass is 32.1. The molecule has 7 nitrogen and oxygen atoms in total. The van der Waals surface area contributed by atoms with Crippen molar-refractivity contribution in [2.24, 2.45) is 4.99 Å². The molecular formula is C20H16N4O3S. The van der Waals surface area contributed by atoms with Crippen molar-refractivity contribution >= 4 is 34.7 Å². The molecule has 0 bridgehead atoms. The highest BCUT2D eigenvalue weighted by molar-refractivity contribution is 7.11. The van der Waals surface area contributed by atoms with Gasteiger partial charge in [0, 0.05) is 17.1 Å². The van der Waals surface area contributed by atoms with Gasteiger partial charge in [0.15, 0.2) is 0 Å². The summed E-state index contributed by atoms with van der Waals surface area (Å²) in [5, 5.41) is 7.81. The van der Waals surface area contributed by atoms with Crippen LogP contribution in [0.5, 0.6) is 0 Å². The van der Waals surface area contributed by atoms with Crippen LogP contribution in [0, 0.1) is 0 Å². The minimum Gasteiger partial charge on any atom is -0.445 e. The second-order valence-electron chi connectivity index (χ2n) is 5.96. The van der Waals surface area contributed by atoms with E-state index in [-0.39, 0.29) is 6.61 Å². The van der Waals surface area contributed by atoms with Gasteiger partial charge in [0.25, 0.3) is 5.91 Å². The molecule has 4 rings (SSSR count). The second-order valence-corrected chi connectivity index (χ2v) is 6.85. The number of hydrogen-bond donors (Lipinski definition) is 2. The molecule has 0 saturated carbocycles. The van der Waals surface area contributed by atoms with E-state index in [2.05, 4.69) is 20.6 Å². The summed E-state index contributed by atoms with van der Waals surface area (Å²) in [5.74, 6) is -0.448. The fourth-order valence-corrected chi connectivity index (χ4v) is 3.39. The van der Waals surface area contributed by atoms with Crippen LogP contribution in [0.2, 0.25) is 0 Å². The molecule has 1 atom stereocenters. The lowest BCUT2D eigenvalue weighted by molar-refractivity contribution is -0.117. The summed E-state index contributed by atoms with van der Waals surface area (Å²) < 4.78 is 5.21. The van der Waals surface area contributed by atoms with Crippen LogP contribution in [0.3, 0.4) is 0 Å². The Hall–Kier alpha value is -3.52. The predicted octanol–water partition coefficient (Wildman–Crippen LogP) is 3.19. The molecule has 2 heterocycles. The van der Waals surface area contributed by atoms with Crippen molar-refractivity contribution in [3.63, 3.8) is 0 Å². The number of aromatic nitrogens is 1. The molecular weight excluding hydrogens is 376 g/mol. The molecule has 0 saturated heterocycles. The lowest BCUT2D eigenvalue weighted by Crippen LogP contribution is -2.42. The zero-order valence-electron chi connectivity index (χ0n) is 14.7. The fraction of sp³-hybridized carbons (Fsp3) is 0.100. The molecule has 0 aliphatic carbocycles. The van der Waals surface area contributed by atoms with E-state index in [1.54, 1.807) is 12.3 Å². The van der Waals surface area contributed by atoms with E-state index < -0.39 is 18.2 Å². The first-order chi connectivity index (χ1) is 13.7. The van der Waals surface area contributed by atoms with E-state index >= 15 is 0 Å². The average Bonchev–Trinajstić information content (AvgIpc) is 3.21. The summed E-state index contributed by atoms with van der Waals surface area (Å²) in [6.45, 7) is 0.101. The monoisotopic (exact) mass is 392 g/mol. The lowest BCUT2D eigenvalue weighted by Gasteiger charge is -2.13. The Kier molecular flexibility index (Phi) is 5.11. The molecule has 8 heteroatoms. The molecule has 1 unspecified atom stereocenters. The van der Waals surface area contributed by atoms with E-state index in [4.69, 9.17) is 4.74 Å². The number of nitrogens with one attached hydrogen (secondary N) is 2. The predicted molar refractivity (Wildman–Crippen MR) is 106 cm³/mol. The van der Waals surface area contributed by atoms with Gasteiger partial charge in [-0.3, -0.25) is 10.1 Å². The van der Waals surface area contributed by atoms with Crippen molar-refractivity contribution in [1.82, 2.24) is 10.3 Å². The zero-order chi connectivity index (χ0) is 19.3. The maximum Gasteiger partial charge on any atom is 0.409 e. The fourth-order valence-electron chi connectivity index (χ4n) is 2.74. The number of alkyl carbamates (subject to hydrolysis) is 1. The SMILES string of the molecule is O=C(NC1N=C(c2nccs2)c2ccccc2NC1=O)OCc1ccccc1. The van der Waals surface area contributed by atoms with Gasteiger partial charge in [0.1, 0.15) is 17.3 Å². The highest BCUT2D eigenvalue weighted by Crippen LogP contribution is 2.24. The third-order valence-corrected chi connectivity index (χ3v) is 4.83. The second kappa shape index (κ2) is 8.01. The molecule has 0 spiro atoms. The number of aliphatic imine (C=N–C) groups is 1. The van der Waals surface area contributed by atoms with Gasteiger partial charge in [0.05, 0.1) is 5.69 Å². The molecule has 2 amide bonds. The van der Waals surface area contributed by atoms with E-state index in [1.807, 2.05) is 53.9 Å². The maximum absolute atomic E-state index is 12.6. The first kappa shape index (κ1) is 17.9. The number of benzene rings is 2. The number of thiazole rings is 1. The molecule has 0 radical (unpaired) electrons. The number of nitrogens with zero attached hydrogens (tertiary/aromatic N) is 2. The number of anilines is 1. The van der Waals surface area contributed by atoms with Crippen LogP contribution in [0.25, 0.3) is 0 Å². The van der Waals surface area contributed by atoms with Crippen LogP contribution in [0.4, 0.5) is 10.5 Å². The van der Waals surface area contributed by atoms with Crippen molar-refractivity contribution in [2.75, 3.05) is 5.32 Å². The Balaban J connectivity index is 1.56. The maximum atomic E-state index is 12.6. The normalized spacial score (nSPS) is 15.6. The van der Waals surface area contributed by atoms with E-state index in [9.17, 15) is 9.59 Å². The number of fused-ring (bicyclic) bond motifs is 1. The van der Waals surface area contributed by atoms with Crippen LogP contribution >= 0.6 is 11.3 Å². The molecule has 1 aliphatic heterocycles. The minimum absolute atomic E-state index is 0.101. The molecule has 1 aliphatic rings. The summed E-state index contributed by atoms with van der Waals surface area (Å²) >= 11 is 1.41. The molecule has 2 N–H and O–H groups in total. The number of amides is 2. The minimum atomic E-state index is -1.13. The van der Waals surface area contributed by atoms with Gasteiger partial charge >= 0.3 is 6.09 Å². The van der Waals surface area contributed by atoms with Gasteiger partial charge < -0.3 is 10.1 Å². The van der Waals surface area contributed by atoms with Crippen LogP contribution < -0.4 is 10.6 Å². The van der Waals surface area contributed by atoms with Crippen molar-refractivity contribution in [1.29, 1.82) is 0 Å². The van der Waals surface area contributed by atoms with E-state index in [0.29, 0.717) is 16.4 Å². The Morgan fingerprint density at radius 1 is 1.14 bits per heavy atom. The molecule has 2 aromatic carbocycles. The van der Waals surface area contributed by atoms with E-state index in [1.165, 1.54) is 11.3 Å². The summed E-state index contributed by atoms with van der Waals surface area (Å²) in [4.78, 5) is 33.6. The van der Waals surface area contributed by atoms with Gasteiger partial charge in [-0.1, -0.05) is 48.5 Å². The molecule has 28 heavy (non-hydrogen) atoms.